The van der Waals surface area contributed by atoms with Crippen molar-refractivity contribution in [3.8, 4) is 11.5 Å². The number of phenols is 2. The van der Waals surface area contributed by atoms with Crippen molar-refractivity contribution in [2.24, 2.45) is 0 Å². The second-order valence-corrected chi connectivity index (χ2v) is 2.45. The van der Waals surface area contributed by atoms with Gasteiger partial charge in [0.2, 0.25) is 0 Å². The van der Waals surface area contributed by atoms with Gasteiger partial charge in [0.05, 0.1) is 6.61 Å². The number of hydrogen-bond donors (Lipinski definition) is 3. The second-order valence-electron chi connectivity index (χ2n) is 2.45. The maximum atomic E-state index is 9.11. The van der Waals surface area contributed by atoms with Gasteiger partial charge in [0.25, 0.3) is 0 Å². The van der Waals surface area contributed by atoms with Crippen molar-refractivity contribution >= 4 is 0 Å². The average molecular weight is 154 g/mol. The number of aryl methyl sites for hydroxylation is 1. The van der Waals surface area contributed by atoms with Gasteiger partial charge in [-0.25, -0.2) is 0 Å². The molecule has 3 nitrogen and oxygen atoms in total. The third-order valence-electron chi connectivity index (χ3n) is 1.48. The van der Waals surface area contributed by atoms with Crippen LogP contribution in [0.1, 0.15) is 11.1 Å². The molecule has 0 aliphatic rings. The van der Waals surface area contributed by atoms with E-state index in [1.807, 2.05) is 0 Å². The van der Waals surface area contributed by atoms with Crippen molar-refractivity contribution in [2.45, 2.75) is 13.5 Å². The Labute approximate surface area is 64.5 Å². The summed E-state index contributed by atoms with van der Waals surface area (Å²) < 4.78 is 0. The molecule has 60 valence electrons. The largest absolute Gasteiger partial charge is 0.504 e. The van der Waals surface area contributed by atoms with Crippen molar-refractivity contribution in [1.29, 1.82) is 0 Å². The molecule has 0 atom stereocenters. The SMILES string of the molecule is Cc1cc(O)c(O)c(CO)c1. The third kappa shape index (κ3) is 1.43. The Kier molecular flexibility index (Phi) is 2.01. The summed E-state index contributed by atoms with van der Waals surface area (Å²) in [6, 6.07) is 3.06. The first-order valence-electron chi connectivity index (χ1n) is 3.27. The van der Waals surface area contributed by atoms with Gasteiger partial charge in [-0.3, -0.25) is 0 Å². The zero-order valence-corrected chi connectivity index (χ0v) is 6.20. The van der Waals surface area contributed by atoms with Crippen LogP contribution >= 0.6 is 0 Å². The van der Waals surface area contributed by atoms with Crippen LogP contribution in [-0.4, -0.2) is 15.3 Å². The van der Waals surface area contributed by atoms with E-state index in [-0.39, 0.29) is 18.1 Å². The smallest absolute Gasteiger partial charge is 0.163 e. The van der Waals surface area contributed by atoms with Gasteiger partial charge in [0.15, 0.2) is 11.5 Å². The van der Waals surface area contributed by atoms with Crippen molar-refractivity contribution in [2.75, 3.05) is 0 Å². The number of rotatable bonds is 1. The molecule has 0 amide bonds. The minimum absolute atomic E-state index is 0.186. The summed E-state index contributed by atoms with van der Waals surface area (Å²) in [5, 5.41) is 26.9. The highest BCUT2D eigenvalue weighted by Gasteiger charge is 2.05. The molecule has 11 heavy (non-hydrogen) atoms. The monoisotopic (exact) mass is 154 g/mol. The normalized spacial score (nSPS) is 10.0. The number of phenolic OH excluding ortho intramolecular Hbond substituents is 1. The Morgan fingerprint density at radius 3 is 2.45 bits per heavy atom. The third-order valence-corrected chi connectivity index (χ3v) is 1.48. The van der Waals surface area contributed by atoms with E-state index in [9.17, 15) is 0 Å². The summed E-state index contributed by atoms with van der Waals surface area (Å²) in [6.45, 7) is 1.51. The van der Waals surface area contributed by atoms with Crippen LogP contribution in [-0.2, 0) is 6.61 Å². The maximum Gasteiger partial charge on any atom is 0.163 e. The van der Waals surface area contributed by atoms with Gasteiger partial charge in [-0.15, -0.1) is 0 Å². The number of hydrogen-bond acceptors (Lipinski definition) is 3. The van der Waals surface area contributed by atoms with E-state index >= 15 is 0 Å². The quantitative estimate of drug-likeness (QED) is 0.526. The lowest BCUT2D eigenvalue weighted by molar-refractivity contribution is 0.273. The first-order valence-corrected chi connectivity index (χ1v) is 3.27. The highest BCUT2D eigenvalue weighted by Crippen LogP contribution is 2.29. The van der Waals surface area contributed by atoms with Gasteiger partial charge >= 0.3 is 0 Å². The summed E-state index contributed by atoms with van der Waals surface area (Å²) in [6.07, 6.45) is 0. The molecule has 0 fully saturated rings. The van der Waals surface area contributed by atoms with E-state index in [0.29, 0.717) is 5.56 Å². The van der Waals surface area contributed by atoms with Crippen LogP contribution in [0.2, 0.25) is 0 Å². The molecular weight excluding hydrogens is 144 g/mol. The van der Waals surface area contributed by atoms with Crippen LogP contribution in [0.25, 0.3) is 0 Å². The lowest BCUT2D eigenvalue weighted by Crippen LogP contribution is -1.85. The number of benzene rings is 1. The average Bonchev–Trinajstić information content (AvgIpc) is 1.96. The Bertz CT molecular complexity index is 268. The van der Waals surface area contributed by atoms with Gasteiger partial charge in [0.1, 0.15) is 0 Å². The Hall–Kier alpha value is -1.22. The lowest BCUT2D eigenvalue weighted by Gasteiger charge is -2.04. The molecule has 0 heterocycles. The minimum atomic E-state index is -0.263. The van der Waals surface area contributed by atoms with Crippen LogP contribution in [0.4, 0.5) is 0 Å². The van der Waals surface area contributed by atoms with E-state index in [2.05, 4.69) is 0 Å². The molecular formula is C8H10O3. The van der Waals surface area contributed by atoms with E-state index < -0.39 is 0 Å². The highest BCUT2D eigenvalue weighted by atomic mass is 16.3. The highest BCUT2D eigenvalue weighted by molar-refractivity contribution is 5.46. The van der Waals surface area contributed by atoms with Gasteiger partial charge in [-0.1, -0.05) is 0 Å². The molecule has 0 aliphatic heterocycles. The van der Waals surface area contributed by atoms with Crippen LogP contribution < -0.4 is 0 Å². The fraction of sp³-hybridized carbons (Fsp3) is 0.250. The standard InChI is InChI=1S/C8H10O3/c1-5-2-6(4-9)8(11)7(10)3-5/h2-3,9-11H,4H2,1H3. The van der Waals surface area contributed by atoms with Gasteiger partial charge in [-0.05, 0) is 24.6 Å². The van der Waals surface area contributed by atoms with E-state index in [1.165, 1.54) is 6.07 Å². The zero-order chi connectivity index (χ0) is 8.43. The number of aliphatic hydroxyl groups excluding tert-OH is 1. The van der Waals surface area contributed by atoms with Crippen molar-refractivity contribution in [3.63, 3.8) is 0 Å². The first kappa shape index (κ1) is 7.88. The number of aromatic hydroxyl groups is 2. The zero-order valence-electron chi connectivity index (χ0n) is 6.20. The van der Waals surface area contributed by atoms with Crippen molar-refractivity contribution < 1.29 is 15.3 Å². The van der Waals surface area contributed by atoms with Crippen molar-refractivity contribution in [3.05, 3.63) is 23.3 Å². The molecule has 1 aromatic rings. The summed E-state index contributed by atoms with van der Waals surface area (Å²) in [4.78, 5) is 0. The summed E-state index contributed by atoms with van der Waals surface area (Å²) in [5.41, 5.74) is 1.16. The molecule has 1 aromatic carbocycles. The fourth-order valence-corrected chi connectivity index (χ4v) is 0.954. The minimum Gasteiger partial charge on any atom is -0.504 e. The van der Waals surface area contributed by atoms with Gasteiger partial charge in [0, 0.05) is 5.56 Å². The predicted octanol–water partition coefficient (Wildman–Crippen LogP) is 0.899. The Morgan fingerprint density at radius 2 is 1.91 bits per heavy atom. The molecule has 0 saturated heterocycles. The Balaban J connectivity index is 3.24. The van der Waals surface area contributed by atoms with Crippen LogP contribution in [0.3, 0.4) is 0 Å². The summed E-state index contributed by atoms with van der Waals surface area (Å²) in [7, 11) is 0. The van der Waals surface area contributed by atoms with Crippen LogP contribution in [0, 0.1) is 6.92 Å². The summed E-state index contributed by atoms with van der Waals surface area (Å²) in [5.74, 6) is -0.424. The van der Waals surface area contributed by atoms with E-state index in [1.54, 1.807) is 13.0 Å². The second kappa shape index (κ2) is 2.80. The molecule has 0 aromatic heterocycles. The summed E-state index contributed by atoms with van der Waals surface area (Å²) >= 11 is 0. The maximum absolute atomic E-state index is 9.11. The molecule has 1 rings (SSSR count). The van der Waals surface area contributed by atoms with Crippen molar-refractivity contribution in [1.82, 2.24) is 0 Å². The first-order chi connectivity index (χ1) is 5.15. The molecule has 3 N–H and O–H groups in total. The van der Waals surface area contributed by atoms with E-state index in [4.69, 9.17) is 15.3 Å². The van der Waals surface area contributed by atoms with Gasteiger partial charge in [-0.2, -0.15) is 0 Å². The predicted molar refractivity (Wildman–Crippen MR) is 40.4 cm³/mol. The van der Waals surface area contributed by atoms with Crippen LogP contribution in [0.5, 0.6) is 11.5 Å². The molecule has 0 bridgehead atoms. The molecule has 0 spiro atoms. The molecule has 0 unspecified atom stereocenters. The lowest BCUT2D eigenvalue weighted by atomic mass is 10.1. The molecule has 0 saturated carbocycles. The molecule has 0 radical (unpaired) electrons. The van der Waals surface area contributed by atoms with Gasteiger partial charge < -0.3 is 15.3 Å². The molecule has 3 heteroatoms. The number of aliphatic hydroxyl groups is 1. The van der Waals surface area contributed by atoms with E-state index in [0.717, 1.165) is 5.56 Å². The topological polar surface area (TPSA) is 60.7 Å². The molecule has 0 aliphatic carbocycles. The fourth-order valence-electron chi connectivity index (χ4n) is 0.954. The Morgan fingerprint density at radius 1 is 1.27 bits per heavy atom. The van der Waals surface area contributed by atoms with Crippen LogP contribution in [0.15, 0.2) is 12.1 Å².